The van der Waals surface area contributed by atoms with Crippen LogP contribution >= 0.6 is 12.2 Å². The number of rotatable bonds is 6. The number of piperazine rings is 1. The van der Waals surface area contributed by atoms with Gasteiger partial charge >= 0.3 is 0 Å². The molecule has 0 spiro atoms. The van der Waals surface area contributed by atoms with Gasteiger partial charge in [-0.3, -0.25) is 9.58 Å². The second-order valence-electron chi connectivity index (χ2n) is 7.53. The smallest absolute Gasteiger partial charge is 0.174 e. The third-order valence-corrected chi connectivity index (χ3v) is 5.73. The summed E-state index contributed by atoms with van der Waals surface area (Å²) in [7, 11) is 1.69. The first-order chi connectivity index (χ1) is 15.1. The highest BCUT2D eigenvalue weighted by atomic mass is 32.1. The standard InChI is InChI=1S/C23H26FN5OS/c1-30-20-7-4-5-18(15-20)16-27-11-13-28(14-12-27)23(31)25-22-9-10-29(26-22)17-19-6-2-3-8-21(19)24/h2-10,15H,11-14,16-17H2,1H3,(H,25,26,31). The zero-order chi connectivity index (χ0) is 21.6. The number of benzene rings is 2. The third kappa shape index (κ3) is 5.59. The van der Waals surface area contributed by atoms with Crippen molar-refractivity contribution in [2.24, 2.45) is 0 Å². The first-order valence-corrected chi connectivity index (χ1v) is 10.7. The number of methoxy groups -OCH3 is 1. The molecule has 0 bridgehead atoms. The molecule has 4 rings (SSSR count). The van der Waals surface area contributed by atoms with Crippen LogP contribution in [0.25, 0.3) is 0 Å². The van der Waals surface area contributed by atoms with Gasteiger partial charge in [-0.25, -0.2) is 4.39 Å². The summed E-state index contributed by atoms with van der Waals surface area (Å²) in [5, 5.41) is 8.34. The summed E-state index contributed by atoms with van der Waals surface area (Å²) in [6, 6.07) is 16.8. The van der Waals surface area contributed by atoms with Crippen molar-refractivity contribution in [3.05, 3.63) is 77.7 Å². The molecular formula is C23H26FN5OS. The predicted octanol–water partition coefficient (Wildman–Crippen LogP) is 3.59. The van der Waals surface area contributed by atoms with Gasteiger partial charge in [0.1, 0.15) is 11.6 Å². The Labute approximate surface area is 187 Å². The lowest BCUT2D eigenvalue weighted by molar-refractivity contribution is 0.177. The minimum Gasteiger partial charge on any atom is -0.497 e. The van der Waals surface area contributed by atoms with E-state index in [1.165, 1.54) is 11.6 Å². The van der Waals surface area contributed by atoms with Gasteiger partial charge in [0.25, 0.3) is 0 Å². The largest absolute Gasteiger partial charge is 0.497 e. The number of thiocarbonyl (C=S) groups is 1. The summed E-state index contributed by atoms with van der Waals surface area (Å²) < 4.78 is 20.9. The number of nitrogens with one attached hydrogen (secondary N) is 1. The predicted molar refractivity (Wildman–Crippen MR) is 124 cm³/mol. The molecule has 1 fully saturated rings. The van der Waals surface area contributed by atoms with Crippen molar-refractivity contribution in [3.8, 4) is 5.75 Å². The quantitative estimate of drug-likeness (QED) is 0.593. The minimum absolute atomic E-state index is 0.227. The van der Waals surface area contributed by atoms with Crippen molar-refractivity contribution in [2.75, 3.05) is 38.6 Å². The van der Waals surface area contributed by atoms with Gasteiger partial charge in [-0.1, -0.05) is 30.3 Å². The Morgan fingerprint density at radius 3 is 2.65 bits per heavy atom. The molecule has 2 heterocycles. The Hall–Kier alpha value is -2.97. The van der Waals surface area contributed by atoms with Crippen LogP contribution in [0.3, 0.4) is 0 Å². The molecule has 1 aromatic heterocycles. The highest BCUT2D eigenvalue weighted by Crippen LogP contribution is 2.16. The van der Waals surface area contributed by atoms with Gasteiger partial charge in [0, 0.05) is 50.6 Å². The lowest BCUT2D eigenvalue weighted by Gasteiger charge is -2.36. The zero-order valence-corrected chi connectivity index (χ0v) is 18.3. The first-order valence-electron chi connectivity index (χ1n) is 10.3. The summed E-state index contributed by atoms with van der Waals surface area (Å²) in [6.45, 7) is 4.84. The number of anilines is 1. The molecule has 1 saturated heterocycles. The molecule has 6 nitrogen and oxygen atoms in total. The summed E-state index contributed by atoms with van der Waals surface area (Å²) in [5.41, 5.74) is 1.85. The number of nitrogens with zero attached hydrogens (tertiary/aromatic N) is 4. The van der Waals surface area contributed by atoms with Crippen LogP contribution in [0.15, 0.2) is 60.8 Å². The van der Waals surface area contributed by atoms with Gasteiger partial charge in [-0.05, 0) is 36.0 Å². The molecule has 31 heavy (non-hydrogen) atoms. The Bertz CT molecular complexity index is 1030. The van der Waals surface area contributed by atoms with E-state index in [2.05, 4.69) is 32.3 Å². The van der Waals surface area contributed by atoms with Gasteiger partial charge in [0.15, 0.2) is 10.9 Å². The van der Waals surface area contributed by atoms with Gasteiger partial charge in [0.05, 0.1) is 13.7 Å². The molecular weight excluding hydrogens is 413 g/mol. The fraction of sp³-hybridized carbons (Fsp3) is 0.304. The van der Waals surface area contributed by atoms with Crippen LogP contribution in [0, 0.1) is 5.82 Å². The van der Waals surface area contributed by atoms with Gasteiger partial charge in [-0.2, -0.15) is 5.10 Å². The molecule has 1 aliphatic rings. The molecule has 162 valence electrons. The minimum atomic E-state index is -0.227. The fourth-order valence-electron chi connectivity index (χ4n) is 3.64. The first kappa shape index (κ1) is 21.3. The average Bonchev–Trinajstić information content (AvgIpc) is 3.22. The maximum Gasteiger partial charge on any atom is 0.174 e. The third-order valence-electron chi connectivity index (χ3n) is 5.37. The average molecular weight is 440 g/mol. The lowest BCUT2D eigenvalue weighted by atomic mass is 10.2. The number of halogens is 1. The van der Waals surface area contributed by atoms with Crippen molar-refractivity contribution < 1.29 is 9.13 Å². The van der Waals surface area contributed by atoms with Gasteiger partial charge in [-0.15, -0.1) is 0 Å². The molecule has 8 heteroatoms. The summed E-state index contributed by atoms with van der Waals surface area (Å²) in [5.74, 6) is 1.32. The van der Waals surface area contributed by atoms with E-state index in [0.717, 1.165) is 38.5 Å². The zero-order valence-electron chi connectivity index (χ0n) is 17.5. The van der Waals surface area contributed by atoms with Crippen molar-refractivity contribution >= 4 is 23.1 Å². The Morgan fingerprint density at radius 2 is 1.87 bits per heavy atom. The molecule has 2 aromatic carbocycles. The lowest BCUT2D eigenvalue weighted by Crippen LogP contribution is -2.49. The molecule has 0 aliphatic carbocycles. The maximum absolute atomic E-state index is 13.8. The van der Waals surface area contributed by atoms with Crippen molar-refractivity contribution in [3.63, 3.8) is 0 Å². The molecule has 3 aromatic rings. The van der Waals surface area contributed by atoms with E-state index in [0.29, 0.717) is 23.0 Å². The second kappa shape index (κ2) is 9.89. The molecule has 0 saturated carbocycles. The van der Waals surface area contributed by atoms with Crippen LogP contribution < -0.4 is 10.1 Å². The number of hydrogen-bond donors (Lipinski definition) is 1. The van der Waals surface area contributed by atoms with E-state index >= 15 is 0 Å². The van der Waals surface area contributed by atoms with Crippen molar-refractivity contribution in [1.82, 2.24) is 19.6 Å². The van der Waals surface area contributed by atoms with Gasteiger partial charge < -0.3 is 15.0 Å². The number of hydrogen-bond acceptors (Lipinski definition) is 4. The van der Waals surface area contributed by atoms with Crippen molar-refractivity contribution in [1.29, 1.82) is 0 Å². The Balaban J connectivity index is 1.26. The topological polar surface area (TPSA) is 45.6 Å². The van der Waals surface area contributed by atoms with E-state index in [-0.39, 0.29) is 5.82 Å². The van der Waals surface area contributed by atoms with E-state index in [1.807, 2.05) is 30.5 Å². The summed E-state index contributed by atoms with van der Waals surface area (Å²) in [6.07, 6.45) is 1.82. The molecule has 0 atom stereocenters. The van der Waals surface area contributed by atoms with E-state index in [1.54, 1.807) is 23.9 Å². The Morgan fingerprint density at radius 1 is 1.06 bits per heavy atom. The summed E-state index contributed by atoms with van der Waals surface area (Å²) >= 11 is 5.59. The number of aromatic nitrogens is 2. The van der Waals surface area contributed by atoms with Gasteiger partial charge in [0.2, 0.25) is 0 Å². The fourth-order valence-corrected chi connectivity index (χ4v) is 3.93. The SMILES string of the molecule is COc1cccc(CN2CCN(C(=S)Nc3ccn(Cc4ccccc4F)n3)CC2)c1. The molecule has 0 unspecified atom stereocenters. The van der Waals surface area contributed by atoms with Crippen LogP contribution in [0.5, 0.6) is 5.75 Å². The van der Waals surface area contributed by atoms with Crippen molar-refractivity contribution in [2.45, 2.75) is 13.1 Å². The van der Waals surface area contributed by atoms with E-state index in [4.69, 9.17) is 17.0 Å². The monoisotopic (exact) mass is 439 g/mol. The van der Waals surface area contributed by atoms with Crippen LogP contribution in [0.1, 0.15) is 11.1 Å². The van der Waals surface area contributed by atoms with Crippen LogP contribution in [-0.4, -0.2) is 58.0 Å². The Kier molecular flexibility index (Phi) is 6.79. The van der Waals surface area contributed by atoms with E-state index < -0.39 is 0 Å². The highest BCUT2D eigenvalue weighted by Gasteiger charge is 2.19. The van der Waals surface area contributed by atoms with E-state index in [9.17, 15) is 4.39 Å². The molecule has 1 aliphatic heterocycles. The molecule has 0 amide bonds. The normalized spacial score (nSPS) is 14.5. The number of ether oxygens (including phenoxy) is 1. The van der Waals surface area contributed by atoms with Crippen LogP contribution in [0.4, 0.5) is 10.2 Å². The second-order valence-corrected chi connectivity index (χ2v) is 7.92. The molecule has 0 radical (unpaired) electrons. The maximum atomic E-state index is 13.8. The summed E-state index contributed by atoms with van der Waals surface area (Å²) in [4.78, 5) is 4.57. The van der Waals surface area contributed by atoms with Crippen LogP contribution in [0.2, 0.25) is 0 Å². The highest BCUT2D eigenvalue weighted by molar-refractivity contribution is 7.80. The van der Waals surface area contributed by atoms with Crippen LogP contribution in [-0.2, 0) is 13.1 Å². The molecule has 1 N–H and O–H groups in total.